The molecule has 2 unspecified atom stereocenters. The van der Waals surface area contributed by atoms with Crippen LogP contribution in [0.3, 0.4) is 0 Å². The first-order valence-electron chi connectivity index (χ1n) is 8.68. The average Bonchev–Trinajstić information content (AvgIpc) is 2.84. The maximum Gasteiger partial charge on any atom is 0.196 e. The molecule has 1 aliphatic carbocycles. The Kier molecular flexibility index (Phi) is 2.95. The number of carbonyl (C=O) groups excluding carboxylic acids is 2. The number of ketones is 2. The van der Waals surface area contributed by atoms with E-state index >= 15 is 0 Å². The van der Waals surface area contributed by atoms with Crippen LogP contribution in [0.4, 0.5) is 11.4 Å². The molecule has 4 aliphatic heterocycles. The van der Waals surface area contributed by atoms with Crippen molar-refractivity contribution in [2.24, 2.45) is 0 Å². The van der Waals surface area contributed by atoms with Crippen LogP contribution < -0.4 is 10.6 Å². The monoisotopic (exact) mass is 348 g/mol. The Hall–Kier alpha value is -2.70. The summed E-state index contributed by atoms with van der Waals surface area (Å²) in [4.78, 5) is 30.5. The lowest BCUT2D eigenvalue weighted by Crippen LogP contribution is -2.30. The van der Waals surface area contributed by atoms with Crippen LogP contribution in [0.2, 0.25) is 0 Å². The van der Waals surface area contributed by atoms with Gasteiger partial charge < -0.3 is 10.6 Å². The molecule has 2 aromatic carbocycles. The van der Waals surface area contributed by atoms with Crippen LogP contribution in [0.1, 0.15) is 55.3 Å². The zero-order valence-electron chi connectivity index (χ0n) is 15.2. The molecule has 26 heavy (non-hydrogen) atoms. The van der Waals surface area contributed by atoms with E-state index in [0.29, 0.717) is 22.3 Å². The van der Waals surface area contributed by atoms with Crippen molar-refractivity contribution in [3.8, 4) is 0 Å². The first-order valence-corrected chi connectivity index (χ1v) is 8.68. The Morgan fingerprint density at radius 2 is 1.46 bits per heavy atom. The van der Waals surface area contributed by atoms with Crippen molar-refractivity contribution in [1.29, 1.82) is 0 Å². The lowest BCUT2D eigenvalue weighted by molar-refractivity contribution is 0.0979. The maximum absolute atomic E-state index is 13.2. The van der Waals surface area contributed by atoms with Crippen molar-refractivity contribution < 1.29 is 9.59 Å². The number of hydrogen-bond donors (Lipinski definition) is 2. The van der Waals surface area contributed by atoms with Gasteiger partial charge in [0, 0.05) is 22.3 Å². The molecular weight excluding hydrogens is 328 g/mol. The lowest BCUT2D eigenvalue weighted by Gasteiger charge is -2.31. The van der Waals surface area contributed by atoms with E-state index in [1.54, 1.807) is 6.07 Å². The summed E-state index contributed by atoms with van der Waals surface area (Å²) in [6, 6.07) is 7.47. The molecule has 132 valence electrons. The number of nitrogens with zero attached hydrogens (tertiary/aromatic N) is 2. The predicted octanol–water partition coefficient (Wildman–Crippen LogP) is 2.43. The molecule has 6 nitrogen and oxygen atoms in total. The lowest BCUT2D eigenvalue weighted by atomic mass is 9.80. The highest BCUT2D eigenvalue weighted by Crippen LogP contribution is 2.49. The zero-order chi connectivity index (χ0) is 18.3. The molecule has 0 saturated heterocycles. The normalized spacial score (nSPS) is 21.8. The van der Waals surface area contributed by atoms with Gasteiger partial charge in [-0.2, -0.15) is 0 Å². The molecule has 0 radical (unpaired) electrons. The first-order chi connectivity index (χ1) is 12.4. The maximum atomic E-state index is 13.2. The summed E-state index contributed by atoms with van der Waals surface area (Å²) in [6.07, 6.45) is -0.171. The number of hydrogen-bond acceptors (Lipinski definition) is 6. The minimum Gasteiger partial charge on any atom is -0.364 e. The Bertz CT molecular complexity index is 1010. The fourth-order valence-corrected chi connectivity index (χ4v) is 4.30. The molecule has 7 rings (SSSR count). The second-order valence-corrected chi connectivity index (χ2v) is 7.62. The van der Waals surface area contributed by atoms with Gasteiger partial charge in [0.05, 0.1) is 16.9 Å². The predicted molar refractivity (Wildman–Crippen MR) is 99.9 cm³/mol. The van der Waals surface area contributed by atoms with Gasteiger partial charge in [-0.25, -0.2) is 0 Å². The van der Waals surface area contributed by atoms with Crippen molar-refractivity contribution in [3.63, 3.8) is 0 Å². The van der Waals surface area contributed by atoms with Gasteiger partial charge in [-0.3, -0.25) is 19.4 Å². The van der Waals surface area contributed by atoms with Gasteiger partial charge in [-0.15, -0.1) is 0 Å². The van der Waals surface area contributed by atoms with Gasteiger partial charge in [-0.05, 0) is 52.0 Å². The first kappa shape index (κ1) is 15.5. The third kappa shape index (κ3) is 1.78. The summed E-state index contributed by atoms with van der Waals surface area (Å²) in [7, 11) is 7.96. The highest BCUT2D eigenvalue weighted by molar-refractivity contribution is 6.31. The molecule has 5 aliphatic rings. The van der Waals surface area contributed by atoms with E-state index in [9.17, 15) is 9.59 Å². The molecule has 0 fully saturated rings. The third-order valence-electron chi connectivity index (χ3n) is 5.57. The Morgan fingerprint density at radius 3 is 2.15 bits per heavy atom. The van der Waals surface area contributed by atoms with Crippen LogP contribution in [-0.2, 0) is 0 Å². The van der Waals surface area contributed by atoms with Gasteiger partial charge in [0.1, 0.15) is 12.3 Å². The van der Waals surface area contributed by atoms with Gasteiger partial charge in [0.15, 0.2) is 11.6 Å². The fourth-order valence-electron chi connectivity index (χ4n) is 4.30. The number of rotatable bonds is 2. The summed E-state index contributed by atoms with van der Waals surface area (Å²) in [5.74, 6) is -0.146. The van der Waals surface area contributed by atoms with Crippen molar-refractivity contribution >= 4 is 22.9 Å². The fraction of sp³-hybridized carbons (Fsp3) is 0.300. The van der Waals surface area contributed by atoms with Gasteiger partial charge in [0.25, 0.3) is 0 Å². The second kappa shape index (κ2) is 4.93. The largest absolute Gasteiger partial charge is 0.364 e. The molecule has 4 heterocycles. The smallest absolute Gasteiger partial charge is 0.196 e. The SMILES string of the molecule is CN(C)C1Nc2c3cc4c(c2NC3N(C)C)C(=O)c2ccc1cc2C4=O. The summed E-state index contributed by atoms with van der Waals surface area (Å²) in [6.45, 7) is 0. The molecule has 8 bridgehead atoms. The molecular formula is C20H20N4O2. The Balaban J connectivity index is 1.89. The standard InChI is InChI=1S/C20H20N4O2/c1-23(2)19-9-5-6-10-11(7-9)17(25)12-8-13-15(21-19)16(14(12)18(10)26)22-20(13)24(3)4/h5-8,19-22H,1-4H3. The Labute approximate surface area is 151 Å². The number of benzene rings is 2. The second-order valence-electron chi connectivity index (χ2n) is 7.62. The van der Waals surface area contributed by atoms with E-state index in [1.165, 1.54) is 0 Å². The third-order valence-corrected chi connectivity index (χ3v) is 5.57. The van der Waals surface area contributed by atoms with Gasteiger partial charge >= 0.3 is 0 Å². The zero-order valence-corrected chi connectivity index (χ0v) is 15.2. The molecule has 0 saturated carbocycles. The van der Waals surface area contributed by atoms with Gasteiger partial charge in [-0.1, -0.05) is 6.07 Å². The van der Waals surface area contributed by atoms with Crippen molar-refractivity contribution in [2.75, 3.05) is 38.8 Å². The molecule has 0 amide bonds. The molecule has 2 aromatic rings. The van der Waals surface area contributed by atoms with E-state index in [2.05, 4.69) is 15.5 Å². The molecule has 6 heteroatoms. The molecule has 2 atom stereocenters. The summed E-state index contributed by atoms with van der Waals surface area (Å²) in [5.41, 5.74) is 5.63. The van der Waals surface area contributed by atoms with Crippen LogP contribution >= 0.6 is 0 Å². The molecule has 0 spiro atoms. The van der Waals surface area contributed by atoms with Gasteiger partial charge in [0.2, 0.25) is 0 Å². The van der Waals surface area contributed by atoms with E-state index in [-0.39, 0.29) is 23.9 Å². The van der Waals surface area contributed by atoms with Crippen LogP contribution in [-0.4, -0.2) is 49.6 Å². The van der Waals surface area contributed by atoms with Crippen molar-refractivity contribution in [1.82, 2.24) is 9.80 Å². The van der Waals surface area contributed by atoms with Crippen LogP contribution in [0.5, 0.6) is 0 Å². The highest BCUT2D eigenvalue weighted by atomic mass is 16.1. The Morgan fingerprint density at radius 1 is 0.769 bits per heavy atom. The highest BCUT2D eigenvalue weighted by Gasteiger charge is 2.41. The summed E-state index contributed by atoms with van der Waals surface area (Å²) in [5, 5.41) is 7.07. The topological polar surface area (TPSA) is 64.7 Å². The molecule has 0 aromatic heterocycles. The minimum atomic E-state index is -0.0965. The average molecular weight is 348 g/mol. The minimum absolute atomic E-state index is 0.0638. The van der Waals surface area contributed by atoms with E-state index in [1.807, 2.05) is 51.3 Å². The van der Waals surface area contributed by atoms with Crippen LogP contribution in [0.15, 0.2) is 24.3 Å². The summed E-state index contributed by atoms with van der Waals surface area (Å²) < 4.78 is 0. The van der Waals surface area contributed by atoms with Crippen LogP contribution in [0.25, 0.3) is 0 Å². The van der Waals surface area contributed by atoms with E-state index < -0.39 is 0 Å². The van der Waals surface area contributed by atoms with E-state index in [0.717, 1.165) is 22.5 Å². The van der Waals surface area contributed by atoms with Crippen molar-refractivity contribution in [2.45, 2.75) is 12.3 Å². The number of fused-ring (bicyclic) bond motifs is 1. The molecule has 2 N–H and O–H groups in total. The number of anilines is 2. The van der Waals surface area contributed by atoms with Crippen LogP contribution in [0, 0.1) is 0 Å². The quantitative estimate of drug-likeness (QED) is 0.742. The van der Waals surface area contributed by atoms with E-state index in [4.69, 9.17) is 0 Å². The number of carbonyl (C=O) groups is 2. The number of nitrogens with one attached hydrogen (secondary N) is 2. The van der Waals surface area contributed by atoms with Crippen molar-refractivity contribution in [3.05, 3.63) is 57.6 Å². The summed E-state index contributed by atoms with van der Waals surface area (Å²) >= 11 is 0.